The minimum atomic E-state index is -0.180. The van der Waals surface area contributed by atoms with Gasteiger partial charge in [-0.05, 0) is 68.3 Å². The number of likely N-dealkylation sites (tertiary alicyclic amines) is 2. The summed E-state index contributed by atoms with van der Waals surface area (Å²) in [5.74, 6) is 0.407. The molecule has 5 nitrogen and oxygen atoms in total. The zero-order chi connectivity index (χ0) is 24.8. The standard InChI is InChI=1S/C29H39N3O2S/c1-22(2)27(33)30-26(24-7-5-4-6-8-24)13-17-31-18-14-29(15-19-31)16-20-32(28(29)34)21-23-9-11-25(35-3)12-10-23/h4-12,22,26H,13-21H2,1-3H3,(H,30,33)/t26-/m0/s1. The fourth-order valence-electron chi connectivity index (χ4n) is 5.32. The molecule has 2 saturated heterocycles. The molecule has 2 heterocycles. The molecule has 188 valence electrons. The molecule has 2 aromatic carbocycles. The summed E-state index contributed by atoms with van der Waals surface area (Å²) in [6.07, 6.45) is 5.80. The third kappa shape index (κ3) is 6.28. The first-order valence-corrected chi connectivity index (χ1v) is 14.1. The lowest BCUT2D eigenvalue weighted by atomic mass is 9.77. The molecule has 0 aliphatic carbocycles. The molecule has 0 unspecified atom stereocenters. The Hall–Kier alpha value is -2.31. The molecular formula is C29H39N3O2S. The Labute approximate surface area is 214 Å². The Kier molecular flexibility index (Phi) is 8.55. The molecular weight excluding hydrogens is 454 g/mol. The number of hydrogen-bond acceptors (Lipinski definition) is 4. The van der Waals surface area contributed by atoms with Crippen LogP contribution in [-0.2, 0) is 16.1 Å². The minimum Gasteiger partial charge on any atom is -0.349 e. The van der Waals surface area contributed by atoms with E-state index in [2.05, 4.69) is 57.8 Å². The number of benzene rings is 2. The number of nitrogens with one attached hydrogen (secondary N) is 1. The number of hydrogen-bond donors (Lipinski definition) is 1. The molecule has 2 aliphatic heterocycles. The van der Waals surface area contributed by atoms with E-state index < -0.39 is 0 Å². The Morgan fingerprint density at radius 3 is 2.29 bits per heavy atom. The number of carbonyl (C=O) groups is 2. The minimum absolute atomic E-state index is 0.0167. The molecule has 0 saturated carbocycles. The second kappa shape index (κ2) is 11.6. The Balaban J connectivity index is 1.30. The molecule has 2 amide bonds. The summed E-state index contributed by atoms with van der Waals surface area (Å²) in [6.45, 7) is 8.26. The summed E-state index contributed by atoms with van der Waals surface area (Å²) in [6, 6.07) is 18.9. The van der Waals surface area contributed by atoms with Gasteiger partial charge in [0, 0.05) is 30.4 Å². The summed E-state index contributed by atoms with van der Waals surface area (Å²) >= 11 is 1.74. The normalized spacial score (nSPS) is 18.9. The van der Waals surface area contributed by atoms with Gasteiger partial charge in [-0.1, -0.05) is 56.3 Å². The average Bonchev–Trinajstić information content (AvgIpc) is 3.18. The van der Waals surface area contributed by atoms with Gasteiger partial charge in [-0.2, -0.15) is 0 Å². The smallest absolute Gasteiger partial charge is 0.229 e. The van der Waals surface area contributed by atoms with Crippen LogP contribution in [0, 0.1) is 11.3 Å². The Morgan fingerprint density at radius 1 is 1.00 bits per heavy atom. The van der Waals surface area contributed by atoms with Crippen LogP contribution in [0.2, 0.25) is 0 Å². The fourth-order valence-corrected chi connectivity index (χ4v) is 5.73. The molecule has 0 bridgehead atoms. The number of piperidine rings is 1. The lowest BCUT2D eigenvalue weighted by Crippen LogP contribution is -2.45. The van der Waals surface area contributed by atoms with Crippen LogP contribution in [0.5, 0.6) is 0 Å². The van der Waals surface area contributed by atoms with Crippen molar-refractivity contribution in [3.63, 3.8) is 0 Å². The van der Waals surface area contributed by atoms with Crippen molar-refractivity contribution in [1.82, 2.24) is 15.1 Å². The second-order valence-corrected chi connectivity index (χ2v) is 11.2. The predicted octanol–water partition coefficient (Wildman–Crippen LogP) is 5.13. The SMILES string of the molecule is CSc1ccc(CN2CCC3(CCN(CC[C@H](NC(=O)C(C)C)c4ccccc4)CC3)C2=O)cc1. The summed E-state index contributed by atoms with van der Waals surface area (Å²) in [4.78, 5) is 31.6. The molecule has 1 spiro atoms. The van der Waals surface area contributed by atoms with Crippen molar-refractivity contribution < 1.29 is 9.59 Å². The van der Waals surface area contributed by atoms with E-state index in [1.165, 1.54) is 10.5 Å². The Bertz CT molecular complexity index is 985. The highest BCUT2D eigenvalue weighted by molar-refractivity contribution is 7.98. The lowest BCUT2D eigenvalue weighted by Gasteiger charge is -2.38. The first kappa shape index (κ1) is 25.8. The fraction of sp³-hybridized carbons (Fsp3) is 0.517. The molecule has 2 fully saturated rings. The van der Waals surface area contributed by atoms with Crippen molar-refractivity contribution in [3.05, 3.63) is 65.7 Å². The van der Waals surface area contributed by atoms with E-state index in [1.807, 2.05) is 32.0 Å². The highest BCUT2D eigenvalue weighted by Crippen LogP contribution is 2.42. The van der Waals surface area contributed by atoms with Crippen LogP contribution in [0.1, 0.15) is 56.7 Å². The van der Waals surface area contributed by atoms with Crippen molar-refractivity contribution >= 4 is 23.6 Å². The van der Waals surface area contributed by atoms with Gasteiger partial charge in [0.1, 0.15) is 0 Å². The monoisotopic (exact) mass is 493 g/mol. The summed E-state index contributed by atoms with van der Waals surface area (Å²) in [5.41, 5.74) is 2.18. The van der Waals surface area contributed by atoms with Crippen LogP contribution in [0.15, 0.2) is 59.5 Å². The van der Waals surface area contributed by atoms with E-state index in [9.17, 15) is 9.59 Å². The van der Waals surface area contributed by atoms with Crippen LogP contribution in [0.3, 0.4) is 0 Å². The molecule has 4 rings (SSSR count). The van der Waals surface area contributed by atoms with Gasteiger partial charge in [0.25, 0.3) is 0 Å². The topological polar surface area (TPSA) is 52.6 Å². The van der Waals surface area contributed by atoms with Crippen LogP contribution in [0.4, 0.5) is 0 Å². The first-order chi connectivity index (χ1) is 16.9. The van der Waals surface area contributed by atoms with Crippen molar-refractivity contribution in [2.45, 2.75) is 57.0 Å². The van der Waals surface area contributed by atoms with E-state index in [0.717, 1.165) is 57.4 Å². The number of thioether (sulfide) groups is 1. The van der Waals surface area contributed by atoms with E-state index >= 15 is 0 Å². The largest absolute Gasteiger partial charge is 0.349 e. The number of nitrogens with zero attached hydrogens (tertiary/aromatic N) is 2. The van der Waals surface area contributed by atoms with Crippen LogP contribution < -0.4 is 5.32 Å². The van der Waals surface area contributed by atoms with E-state index in [0.29, 0.717) is 12.5 Å². The van der Waals surface area contributed by atoms with E-state index in [1.54, 1.807) is 11.8 Å². The van der Waals surface area contributed by atoms with Crippen molar-refractivity contribution in [1.29, 1.82) is 0 Å². The molecule has 0 radical (unpaired) electrons. The maximum absolute atomic E-state index is 13.4. The average molecular weight is 494 g/mol. The van der Waals surface area contributed by atoms with Crippen LogP contribution in [0.25, 0.3) is 0 Å². The quantitative estimate of drug-likeness (QED) is 0.492. The zero-order valence-electron chi connectivity index (χ0n) is 21.3. The molecule has 0 aromatic heterocycles. The number of amides is 2. The molecule has 6 heteroatoms. The summed E-state index contributed by atoms with van der Waals surface area (Å²) in [7, 11) is 0. The maximum Gasteiger partial charge on any atom is 0.229 e. The number of carbonyl (C=O) groups excluding carboxylic acids is 2. The van der Waals surface area contributed by atoms with E-state index in [-0.39, 0.29) is 23.3 Å². The van der Waals surface area contributed by atoms with Crippen molar-refractivity contribution in [2.24, 2.45) is 11.3 Å². The van der Waals surface area contributed by atoms with Crippen LogP contribution in [-0.4, -0.2) is 54.0 Å². The highest BCUT2D eigenvalue weighted by Gasteiger charge is 2.47. The van der Waals surface area contributed by atoms with Gasteiger partial charge in [0.15, 0.2) is 0 Å². The first-order valence-electron chi connectivity index (χ1n) is 12.9. The van der Waals surface area contributed by atoms with Gasteiger partial charge in [-0.25, -0.2) is 0 Å². The van der Waals surface area contributed by atoms with Gasteiger partial charge in [-0.15, -0.1) is 11.8 Å². The van der Waals surface area contributed by atoms with Gasteiger partial charge in [-0.3, -0.25) is 9.59 Å². The van der Waals surface area contributed by atoms with E-state index in [4.69, 9.17) is 0 Å². The van der Waals surface area contributed by atoms with Gasteiger partial charge < -0.3 is 15.1 Å². The molecule has 2 aromatic rings. The summed E-state index contributed by atoms with van der Waals surface area (Å²) < 4.78 is 0. The highest BCUT2D eigenvalue weighted by atomic mass is 32.2. The number of rotatable bonds is 9. The Morgan fingerprint density at radius 2 is 1.66 bits per heavy atom. The van der Waals surface area contributed by atoms with Crippen LogP contribution >= 0.6 is 11.8 Å². The molecule has 35 heavy (non-hydrogen) atoms. The third-order valence-corrected chi connectivity index (χ3v) is 8.47. The summed E-state index contributed by atoms with van der Waals surface area (Å²) in [5, 5.41) is 3.24. The third-order valence-electron chi connectivity index (χ3n) is 7.72. The zero-order valence-corrected chi connectivity index (χ0v) is 22.2. The van der Waals surface area contributed by atoms with Gasteiger partial charge in [0.05, 0.1) is 11.5 Å². The molecule has 1 N–H and O–H groups in total. The second-order valence-electron chi connectivity index (χ2n) is 10.4. The van der Waals surface area contributed by atoms with Gasteiger partial charge >= 0.3 is 0 Å². The predicted molar refractivity (Wildman–Crippen MR) is 143 cm³/mol. The van der Waals surface area contributed by atoms with Crippen molar-refractivity contribution in [2.75, 3.05) is 32.4 Å². The van der Waals surface area contributed by atoms with Crippen molar-refractivity contribution in [3.8, 4) is 0 Å². The van der Waals surface area contributed by atoms with Gasteiger partial charge in [0.2, 0.25) is 11.8 Å². The lowest BCUT2D eigenvalue weighted by molar-refractivity contribution is -0.139. The molecule has 1 atom stereocenters. The maximum atomic E-state index is 13.4. The molecule has 2 aliphatic rings.